The monoisotopic (exact) mass is 337 g/mol. The molecule has 3 N–H and O–H groups in total. The Balaban J connectivity index is 1.93. The van der Waals surface area contributed by atoms with Gasteiger partial charge in [0.2, 0.25) is 5.91 Å². The van der Waals surface area contributed by atoms with E-state index < -0.39 is 5.54 Å². The van der Waals surface area contributed by atoms with Crippen LogP contribution in [0.25, 0.3) is 0 Å². The number of piperidine rings is 1. The smallest absolute Gasteiger partial charge is 0.244 e. The SMILES string of the molecule is NC(=O)C1(Nc2ccccc2Br)CCN2CCCCC21. The molecule has 0 radical (unpaired) electrons. The van der Waals surface area contributed by atoms with Crippen LogP contribution < -0.4 is 11.1 Å². The van der Waals surface area contributed by atoms with E-state index in [4.69, 9.17) is 5.73 Å². The van der Waals surface area contributed by atoms with Gasteiger partial charge in [-0.2, -0.15) is 0 Å². The molecule has 5 heteroatoms. The molecular weight excluding hydrogens is 318 g/mol. The Hall–Kier alpha value is -1.07. The van der Waals surface area contributed by atoms with E-state index in [-0.39, 0.29) is 11.9 Å². The second-order valence-corrected chi connectivity index (χ2v) is 6.59. The normalized spacial score (nSPS) is 29.9. The topological polar surface area (TPSA) is 58.4 Å². The van der Waals surface area contributed by atoms with Crippen molar-refractivity contribution in [3.8, 4) is 0 Å². The highest BCUT2D eigenvalue weighted by Crippen LogP contribution is 2.38. The van der Waals surface area contributed by atoms with Crippen molar-refractivity contribution < 1.29 is 4.79 Å². The van der Waals surface area contributed by atoms with Crippen LogP contribution in [0.2, 0.25) is 0 Å². The molecule has 3 rings (SSSR count). The summed E-state index contributed by atoms with van der Waals surface area (Å²) in [5.74, 6) is -0.234. The highest BCUT2D eigenvalue weighted by molar-refractivity contribution is 9.10. The van der Waals surface area contributed by atoms with Crippen LogP contribution in [-0.2, 0) is 4.79 Å². The van der Waals surface area contributed by atoms with Crippen LogP contribution in [0.3, 0.4) is 0 Å². The number of amides is 1. The van der Waals surface area contributed by atoms with E-state index in [0.717, 1.165) is 36.1 Å². The average Bonchev–Trinajstić information content (AvgIpc) is 2.82. The van der Waals surface area contributed by atoms with E-state index in [1.165, 1.54) is 12.8 Å². The third-order valence-electron chi connectivity index (χ3n) is 4.65. The van der Waals surface area contributed by atoms with Gasteiger partial charge in [0.05, 0.1) is 0 Å². The molecule has 2 saturated heterocycles. The van der Waals surface area contributed by atoms with Crippen molar-refractivity contribution in [1.29, 1.82) is 0 Å². The van der Waals surface area contributed by atoms with Crippen LogP contribution in [-0.4, -0.2) is 35.5 Å². The molecular formula is C15H20BrN3O. The summed E-state index contributed by atoms with van der Waals surface area (Å²) in [6.45, 7) is 2.03. The Morgan fingerprint density at radius 1 is 1.35 bits per heavy atom. The van der Waals surface area contributed by atoms with Gasteiger partial charge in [0, 0.05) is 22.7 Å². The fourth-order valence-corrected chi connectivity index (χ4v) is 3.98. The lowest BCUT2D eigenvalue weighted by Gasteiger charge is -2.39. The van der Waals surface area contributed by atoms with Crippen molar-refractivity contribution in [2.24, 2.45) is 5.73 Å². The summed E-state index contributed by atoms with van der Waals surface area (Å²) >= 11 is 3.54. The Morgan fingerprint density at radius 2 is 2.15 bits per heavy atom. The standard InChI is InChI=1S/C15H20BrN3O/c16-11-5-1-2-6-12(11)18-15(14(17)20)8-10-19-9-4-3-7-13(15)19/h1-2,5-6,13,18H,3-4,7-10H2,(H2,17,20). The van der Waals surface area contributed by atoms with Crippen molar-refractivity contribution >= 4 is 27.5 Å². The van der Waals surface area contributed by atoms with Crippen LogP contribution in [0, 0.1) is 0 Å². The molecule has 4 nitrogen and oxygen atoms in total. The van der Waals surface area contributed by atoms with E-state index in [0.29, 0.717) is 0 Å². The number of carbonyl (C=O) groups is 1. The molecule has 1 amide bonds. The average molecular weight is 338 g/mol. The number of hydrogen-bond donors (Lipinski definition) is 2. The summed E-state index contributed by atoms with van der Waals surface area (Å²) in [5, 5.41) is 3.46. The number of hydrogen-bond acceptors (Lipinski definition) is 3. The van der Waals surface area contributed by atoms with E-state index in [1.54, 1.807) is 0 Å². The lowest BCUT2D eigenvalue weighted by Crippen LogP contribution is -2.59. The zero-order chi connectivity index (χ0) is 14.2. The largest absolute Gasteiger partial charge is 0.369 e. The molecule has 2 heterocycles. The molecule has 0 aliphatic carbocycles. The first-order chi connectivity index (χ1) is 9.63. The Kier molecular flexibility index (Phi) is 3.73. The molecule has 1 aromatic carbocycles. The van der Waals surface area contributed by atoms with Gasteiger partial charge in [0.1, 0.15) is 5.54 Å². The van der Waals surface area contributed by atoms with Gasteiger partial charge in [-0.3, -0.25) is 9.69 Å². The molecule has 2 fully saturated rings. The molecule has 2 aliphatic rings. The number of carbonyl (C=O) groups excluding carboxylic acids is 1. The maximum atomic E-state index is 12.2. The summed E-state index contributed by atoms with van der Waals surface area (Å²) in [6, 6.07) is 8.12. The summed E-state index contributed by atoms with van der Waals surface area (Å²) < 4.78 is 0.967. The second kappa shape index (κ2) is 5.37. The first-order valence-electron chi connectivity index (χ1n) is 7.20. The van der Waals surface area contributed by atoms with Gasteiger partial charge < -0.3 is 11.1 Å². The molecule has 20 heavy (non-hydrogen) atoms. The van der Waals surface area contributed by atoms with Crippen LogP contribution in [0.15, 0.2) is 28.7 Å². The Bertz CT molecular complexity index is 522. The zero-order valence-corrected chi connectivity index (χ0v) is 13.0. The van der Waals surface area contributed by atoms with Crippen LogP contribution in [0.1, 0.15) is 25.7 Å². The molecule has 1 aromatic rings. The minimum Gasteiger partial charge on any atom is -0.369 e. The summed E-state index contributed by atoms with van der Waals surface area (Å²) in [7, 11) is 0. The quantitative estimate of drug-likeness (QED) is 0.889. The first-order valence-corrected chi connectivity index (χ1v) is 7.99. The lowest BCUT2D eigenvalue weighted by atomic mass is 9.84. The summed E-state index contributed by atoms with van der Waals surface area (Å²) in [5.41, 5.74) is 6.10. The van der Waals surface area contributed by atoms with E-state index in [9.17, 15) is 4.79 Å². The Labute approximate surface area is 127 Å². The number of nitrogens with one attached hydrogen (secondary N) is 1. The van der Waals surface area contributed by atoms with Gasteiger partial charge in [0.15, 0.2) is 0 Å². The number of nitrogens with two attached hydrogens (primary N) is 1. The van der Waals surface area contributed by atoms with Crippen molar-refractivity contribution in [1.82, 2.24) is 4.90 Å². The molecule has 0 spiro atoms. The summed E-state index contributed by atoms with van der Waals surface area (Å²) in [6.07, 6.45) is 4.23. The van der Waals surface area contributed by atoms with Gasteiger partial charge in [-0.15, -0.1) is 0 Å². The van der Waals surface area contributed by atoms with E-state index in [2.05, 4.69) is 26.1 Å². The van der Waals surface area contributed by atoms with Crippen LogP contribution in [0.5, 0.6) is 0 Å². The van der Waals surface area contributed by atoms with E-state index in [1.807, 2.05) is 24.3 Å². The number of anilines is 1. The van der Waals surface area contributed by atoms with Crippen molar-refractivity contribution in [2.75, 3.05) is 18.4 Å². The van der Waals surface area contributed by atoms with Gasteiger partial charge in [-0.05, 0) is 53.9 Å². The maximum absolute atomic E-state index is 12.2. The molecule has 0 saturated carbocycles. The first kappa shape index (κ1) is 13.9. The summed E-state index contributed by atoms with van der Waals surface area (Å²) in [4.78, 5) is 14.6. The Morgan fingerprint density at radius 3 is 2.90 bits per heavy atom. The minimum atomic E-state index is -0.635. The highest BCUT2D eigenvalue weighted by atomic mass is 79.9. The lowest BCUT2D eigenvalue weighted by molar-refractivity contribution is -0.123. The number of benzene rings is 1. The molecule has 2 aliphatic heterocycles. The van der Waals surface area contributed by atoms with Gasteiger partial charge >= 0.3 is 0 Å². The van der Waals surface area contributed by atoms with Crippen molar-refractivity contribution in [3.05, 3.63) is 28.7 Å². The minimum absolute atomic E-state index is 0.223. The molecule has 2 unspecified atom stereocenters. The molecule has 0 aromatic heterocycles. The predicted molar refractivity (Wildman–Crippen MR) is 83.5 cm³/mol. The third kappa shape index (κ3) is 2.23. The number of primary amides is 1. The van der Waals surface area contributed by atoms with E-state index >= 15 is 0 Å². The number of para-hydroxylation sites is 1. The number of nitrogens with zero attached hydrogens (tertiary/aromatic N) is 1. The number of halogens is 1. The van der Waals surface area contributed by atoms with Crippen molar-refractivity contribution in [3.63, 3.8) is 0 Å². The fourth-order valence-electron chi connectivity index (χ4n) is 3.60. The fraction of sp³-hybridized carbons (Fsp3) is 0.533. The maximum Gasteiger partial charge on any atom is 0.244 e. The highest BCUT2D eigenvalue weighted by Gasteiger charge is 2.52. The molecule has 108 valence electrons. The van der Waals surface area contributed by atoms with Crippen LogP contribution in [0.4, 0.5) is 5.69 Å². The second-order valence-electron chi connectivity index (χ2n) is 5.74. The van der Waals surface area contributed by atoms with Crippen molar-refractivity contribution in [2.45, 2.75) is 37.3 Å². The van der Waals surface area contributed by atoms with Crippen LogP contribution >= 0.6 is 15.9 Å². The molecule has 2 atom stereocenters. The molecule has 0 bridgehead atoms. The number of rotatable bonds is 3. The number of fused-ring (bicyclic) bond motifs is 1. The zero-order valence-electron chi connectivity index (χ0n) is 11.4. The van der Waals surface area contributed by atoms with Gasteiger partial charge in [-0.25, -0.2) is 0 Å². The van der Waals surface area contributed by atoms with Gasteiger partial charge in [-0.1, -0.05) is 18.6 Å². The predicted octanol–water partition coefficient (Wildman–Crippen LogP) is 2.34. The van der Waals surface area contributed by atoms with Gasteiger partial charge in [0.25, 0.3) is 0 Å². The third-order valence-corrected chi connectivity index (χ3v) is 5.34.